The molecule has 0 aliphatic carbocycles. The number of Topliss-reactive ketones (excluding diaryl/α,β-unsaturated/α-hetero) is 1. The minimum atomic E-state index is -0.596. The van der Waals surface area contributed by atoms with Crippen LogP contribution in [0.5, 0.6) is 5.75 Å². The summed E-state index contributed by atoms with van der Waals surface area (Å²) in [5.41, 5.74) is 3.48. The molecule has 2 aromatic rings. The van der Waals surface area contributed by atoms with Crippen molar-refractivity contribution in [3.05, 3.63) is 63.7 Å². The summed E-state index contributed by atoms with van der Waals surface area (Å²) in [6.45, 7) is 5.17. The van der Waals surface area contributed by atoms with Crippen LogP contribution < -0.4 is 4.74 Å². The lowest BCUT2D eigenvalue weighted by molar-refractivity contribution is -0.144. The molecule has 0 radical (unpaired) electrons. The molecule has 4 nitrogen and oxygen atoms in total. The number of rotatable bonds is 6. The van der Waals surface area contributed by atoms with Crippen LogP contribution in [0.2, 0.25) is 5.02 Å². The lowest BCUT2D eigenvalue weighted by atomic mass is 10.0. The van der Waals surface area contributed by atoms with Gasteiger partial charge in [0.1, 0.15) is 5.75 Å². The first kappa shape index (κ1) is 18.0. The molecule has 0 aliphatic heterocycles. The molecule has 0 aromatic heterocycles. The smallest absolute Gasteiger partial charge is 0.344 e. The Morgan fingerprint density at radius 2 is 1.67 bits per heavy atom. The van der Waals surface area contributed by atoms with Gasteiger partial charge < -0.3 is 9.47 Å². The first-order valence-corrected chi connectivity index (χ1v) is 7.89. The number of carbonyl (C=O) groups is 2. The molecule has 0 aliphatic rings. The number of ketones is 1. The Hall–Kier alpha value is -2.33. The van der Waals surface area contributed by atoms with Crippen LogP contribution in [0.4, 0.5) is 0 Å². The molecule has 0 heterocycles. The fourth-order valence-corrected chi connectivity index (χ4v) is 2.32. The topological polar surface area (TPSA) is 52.6 Å². The molecule has 126 valence electrons. The lowest BCUT2D eigenvalue weighted by Gasteiger charge is -2.09. The van der Waals surface area contributed by atoms with Crippen molar-refractivity contribution >= 4 is 23.4 Å². The Balaban J connectivity index is 1.84. The maximum absolute atomic E-state index is 12.0. The van der Waals surface area contributed by atoms with Gasteiger partial charge in [0, 0.05) is 10.6 Å². The van der Waals surface area contributed by atoms with Gasteiger partial charge in [0.15, 0.2) is 19.0 Å². The van der Waals surface area contributed by atoms with Gasteiger partial charge in [-0.25, -0.2) is 4.79 Å². The first-order valence-electron chi connectivity index (χ1n) is 7.52. The second-order valence-corrected chi connectivity index (χ2v) is 6.02. The standard InChI is InChI=1S/C19H19ClO4/c1-12-4-5-15(8-13(12)2)17(21)10-24-19(22)11-23-18-7-6-16(20)9-14(18)3/h4-9H,10-11H2,1-3H3. The van der Waals surface area contributed by atoms with E-state index in [1.54, 1.807) is 30.3 Å². The van der Waals surface area contributed by atoms with E-state index in [4.69, 9.17) is 21.1 Å². The Labute approximate surface area is 146 Å². The van der Waals surface area contributed by atoms with E-state index >= 15 is 0 Å². The fourth-order valence-electron chi connectivity index (χ4n) is 2.10. The highest BCUT2D eigenvalue weighted by Crippen LogP contribution is 2.21. The van der Waals surface area contributed by atoms with Crippen LogP contribution in [0.15, 0.2) is 36.4 Å². The third-order valence-corrected chi connectivity index (χ3v) is 3.91. The Bertz CT molecular complexity index is 768. The second kappa shape index (κ2) is 7.97. The van der Waals surface area contributed by atoms with Crippen LogP contribution in [0.1, 0.15) is 27.0 Å². The number of aryl methyl sites for hydroxylation is 3. The van der Waals surface area contributed by atoms with Crippen molar-refractivity contribution in [1.82, 2.24) is 0 Å². The van der Waals surface area contributed by atoms with E-state index < -0.39 is 5.97 Å². The summed E-state index contributed by atoms with van der Waals surface area (Å²) in [5.74, 6) is -0.285. The average Bonchev–Trinajstić information content (AvgIpc) is 2.54. The zero-order valence-corrected chi connectivity index (χ0v) is 14.6. The number of benzene rings is 2. The van der Waals surface area contributed by atoms with Crippen molar-refractivity contribution in [2.24, 2.45) is 0 Å². The molecule has 0 saturated heterocycles. The van der Waals surface area contributed by atoms with Crippen molar-refractivity contribution in [3.63, 3.8) is 0 Å². The quantitative estimate of drug-likeness (QED) is 0.584. The number of ether oxygens (including phenoxy) is 2. The molecular formula is C19H19ClO4. The summed E-state index contributed by atoms with van der Waals surface area (Å²) in [6.07, 6.45) is 0. The predicted molar refractivity (Wildman–Crippen MR) is 92.9 cm³/mol. The van der Waals surface area contributed by atoms with Crippen molar-refractivity contribution in [1.29, 1.82) is 0 Å². The number of hydrogen-bond acceptors (Lipinski definition) is 4. The Morgan fingerprint density at radius 3 is 2.33 bits per heavy atom. The molecule has 2 rings (SSSR count). The average molecular weight is 347 g/mol. The molecule has 5 heteroatoms. The van der Waals surface area contributed by atoms with Crippen LogP contribution in [-0.2, 0) is 9.53 Å². The lowest BCUT2D eigenvalue weighted by Crippen LogP contribution is -2.19. The summed E-state index contributed by atoms with van der Waals surface area (Å²) in [6, 6.07) is 10.5. The minimum Gasteiger partial charge on any atom is -0.482 e. The fraction of sp³-hybridized carbons (Fsp3) is 0.263. The van der Waals surface area contributed by atoms with Gasteiger partial charge in [-0.1, -0.05) is 23.7 Å². The van der Waals surface area contributed by atoms with Crippen molar-refractivity contribution in [2.45, 2.75) is 20.8 Å². The molecule has 0 saturated carbocycles. The summed E-state index contributed by atoms with van der Waals surface area (Å²) in [5, 5.41) is 0.599. The molecule has 24 heavy (non-hydrogen) atoms. The van der Waals surface area contributed by atoms with Gasteiger partial charge in [-0.3, -0.25) is 4.79 Å². The van der Waals surface area contributed by atoms with Gasteiger partial charge in [-0.05, 0) is 61.7 Å². The first-order chi connectivity index (χ1) is 11.4. The zero-order chi connectivity index (χ0) is 17.7. The summed E-state index contributed by atoms with van der Waals surface area (Å²) in [7, 11) is 0. The maximum atomic E-state index is 12.0. The highest BCUT2D eigenvalue weighted by molar-refractivity contribution is 6.30. The third kappa shape index (κ3) is 4.83. The Kier molecular flexibility index (Phi) is 5.99. The highest BCUT2D eigenvalue weighted by atomic mass is 35.5. The van der Waals surface area contributed by atoms with Gasteiger partial charge in [0.25, 0.3) is 0 Å². The van der Waals surface area contributed by atoms with Crippen molar-refractivity contribution < 1.29 is 19.1 Å². The molecular weight excluding hydrogens is 328 g/mol. The molecule has 0 amide bonds. The number of esters is 1. The molecule has 0 atom stereocenters. The van der Waals surface area contributed by atoms with Gasteiger partial charge in [-0.15, -0.1) is 0 Å². The Morgan fingerprint density at radius 1 is 0.917 bits per heavy atom. The molecule has 2 aromatic carbocycles. The largest absolute Gasteiger partial charge is 0.482 e. The van der Waals surface area contributed by atoms with Crippen molar-refractivity contribution in [3.8, 4) is 5.75 Å². The van der Waals surface area contributed by atoms with Crippen LogP contribution in [0.25, 0.3) is 0 Å². The molecule has 0 N–H and O–H groups in total. The normalized spacial score (nSPS) is 10.3. The van der Waals surface area contributed by atoms with Gasteiger partial charge in [0.2, 0.25) is 0 Å². The summed E-state index contributed by atoms with van der Waals surface area (Å²) >= 11 is 5.86. The monoisotopic (exact) mass is 346 g/mol. The van der Waals surface area contributed by atoms with Crippen LogP contribution in [-0.4, -0.2) is 25.0 Å². The number of carbonyl (C=O) groups excluding carboxylic acids is 2. The summed E-state index contributed by atoms with van der Waals surface area (Å²) in [4.78, 5) is 23.8. The van der Waals surface area contributed by atoms with Crippen LogP contribution in [0.3, 0.4) is 0 Å². The van der Waals surface area contributed by atoms with E-state index in [-0.39, 0.29) is 19.0 Å². The van der Waals surface area contributed by atoms with Crippen molar-refractivity contribution in [2.75, 3.05) is 13.2 Å². The van der Waals surface area contributed by atoms with E-state index in [0.29, 0.717) is 16.3 Å². The van der Waals surface area contributed by atoms with E-state index in [1.807, 2.05) is 26.8 Å². The summed E-state index contributed by atoms with van der Waals surface area (Å²) < 4.78 is 10.4. The molecule has 0 spiro atoms. The van der Waals surface area contributed by atoms with Gasteiger partial charge in [0.05, 0.1) is 0 Å². The van der Waals surface area contributed by atoms with Crippen LogP contribution >= 0.6 is 11.6 Å². The number of halogens is 1. The molecule has 0 bridgehead atoms. The van der Waals surface area contributed by atoms with Gasteiger partial charge >= 0.3 is 5.97 Å². The van der Waals surface area contributed by atoms with E-state index in [1.165, 1.54) is 0 Å². The van der Waals surface area contributed by atoms with E-state index in [9.17, 15) is 9.59 Å². The van der Waals surface area contributed by atoms with Crippen LogP contribution in [0, 0.1) is 20.8 Å². The highest BCUT2D eigenvalue weighted by Gasteiger charge is 2.12. The molecule has 0 fully saturated rings. The SMILES string of the molecule is Cc1ccc(C(=O)COC(=O)COc2ccc(Cl)cc2C)cc1C. The van der Waals surface area contributed by atoms with E-state index in [2.05, 4.69) is 0 Å². The number of hydrogen-bond donors (Lipinski definition) is 0. The zero-order valence-electron chi connectivity index (χ0n) is 13.9. The van der Waals surface area contributed by atoms with Gasteiger partial charge in [-0.2, -0.15) is 0 Å². The van der Waals surface area contributed by atoms with E-state index in [0.717, 1.165) is 16.7 Å². The maximum Gasteiger partial charge on any atom is 0.344 e. The predicted octanol–water partition coefficient (Wildman–Crippen LogP) is 4.07. The third-order valence-electron chi connectivity index (χ3n) is 3.68. The second-order valence-electron chi connectivity index (χ2n) is 5.58. The minimum absolute atomic E-state index is 0.242. The molecule has 0 unspecified atom stereocenters.